The van der Waals surface area contributed by atoms with Gasteiger partial charge in [0, 0.05) is 13.6 Å². The summed E-state index contributed by atoms with van der Waals surface area (Å²) < 4.78 is 10.5. The van der Waals surface area contributed by atoms with Crippen LogP contribution in [0.4, 0.5) is 0 Å². The summed E-state index contributed by atoms with van der Waals surface area (Å²) in [6.07, 6.45) is 0. The molecule has 1 aliphatic rings. The Labute approximate surface area is 100 Å². The summed E-state index contributed by atoms with van der Waals surface area (Å²) in [5.41, 5.74) is 1.03. The van der Waals surface area contributed by atoms with Crippen molar-refractivity contribution in [3.05, 3.63) is 23.8 Å². The van der Waals surface area contributed by atoms with Gasteiger partial charge in [0.15, 0.2) is 11.5 Å². The Morgan fingerprint density at radius 3 is 2.94 bits per heavy atom. The van der Waals surface area contributed by atoms with Gasteiger partial charge in [-0.1, -0.05) is 6.07 Å². The molecule has 0 spiro atoms. The molecule has 0 saturated heterocycles. The highest BCUT2D eigenvalue weighted by atomic mass is 16.7. The number of fused-ring (bicyclic) bond motifs is 1. The topological polar surface area (TPSA) is 50.8 Å². The van der Waals surface area contributed by atoms with E-state index in [4.69, 9.17) is 9.47 Å². The molecule has 17 heavy (non-hydrogen) atoms. The number of carbonyl (C=O) groups excluding carboxylic acids is 1. The quantitative estimate of drug-likeness (QED) is 0.831. The number of carbonyl (C=O) groups is 1. The lowest BCUT2D eigenvalue weighted by atomic mass is 10.2. The Kier molecular flexibility index (Phi) is 3.49. The van der Waals surface area contributed by atoms with Gasteiger partial charge in [0.1, 0.15) is 0 Å². The second kappa shape index (κ2) is 5.05. The zero-order valence-electron chi connectivity index (χ0n) is 10.0. The molecule has 5 heteroatoms. The SMILES string of the molecule is CNCC(=O)N(C)Cc1ccc2c(c1)OCO2. The summed E-state index contributed by atoms with van der Waals surface area (Å²) in [6, 6.07) is 5.72. The van der Waals surface area contributed by atoms with Crippen molar-refractivity contribution in [2.75, 3.05) is 27.4 Å². The van der Waals surface area contributed by atoms with Gasteiger partial charge >= 0.3 is 0 Å². The highest BCUT2D eigenvalue weighted by molar-refractivity contribution is 5.77. The van der Waals surface area contributed by atoms with Gasteiger partial charge in [-0.25, -0.2) is 0 Å². The van der Waals surface area contributed by atoms with E-state index in [9.17, 15) is 4.79 Å². The van der Waals surface area contributed by atoms with Crippen LogP contribution in [-0.4, -0.2) is 38.2 Å². The van der Waals surface area contributed by atoms with Crippen molar-refractivity contribution < 1.29 is 14.3 Å². The van der Waals surface area contributed by atoms with Gasteiger partial charge < -0.3 is 19.7 Å². The predicted octanol–water partition coefficient (Wildman–Crippen LogP) is 0.593. The molecule has 1 heterocycles. The molecule has 1 amide bonds. The highest BCUT2D eigenvalue weighted by Gasteiger charge is 2.14. The number of rotatable bonds is 4. The van der Waals surface area contributed by atoms with Gasteiger partial charge in [0.05, 0.1) is 6.54 Å². The number of ether oxygens (including phenoxy) is 2. The Morgan fingerprint density at radius 1 is 1.41 bits per heavy atom. The Morgan fingerprint density at radius 2 is 2.18 bits per heavy atom. The number of amides is 1. The van der Waals surface area contributed by atoms with Crippen molar-refractivity contribution in [2.45, 2.75) is 6.54 Å². The molecule has 92 valence electrons. The molecule has 2 rings (SSSR count). The average molecular weight is 236 g/mol. The van der Waals surface area contributed by atoms with Crippen LogP contribution < -0.4 is 14.8 Å². The molecular formula is C12H16N2O3. The van der Waals surface area contributed by atoms with E-state index in [1.165, 1.54) is 0 Å². The van der Waals surface area contributed by atoms with Crippen molar-refractivity contribution in [2.24, 2.45) is 0 Å². The molecular weight excluding hydrogens is 220 g/mol. The monoisotopic (exact) mass is 236 g/mol. The molecule has 1 aromatic rings. The minimum Gasteiger partial charge on any atom is -0.454 e. The van der Waals surface area contributed by atoms with Crippen LogP contribution in [0.2, 0.25) is 0 Å². The molecule has 0 saturated carbocycles. The third kappa shape index (κ3) is 2.68. The van der Waals surface area contributed by atoms with E-state index in [1.54, 1.807) is 19.0 Å². The van der Waals surface area contributed by atoms with Crippen LogP contribution in [-0.2, 0) is 11.3 Å². The summed E-state index contributed by atoms with van der Waals surface area (Å²) in [7, 11) is 3.54. The lowest BCUT2D eigenvalue weighted by Gasteiger charge is -2.17. The number of nitrogens with zero attached hydrogens (tertiary/aromatic N) is 1. The molecule has 1 aliphatic heterocycles. The van der Waals surface area contributed by atoms with Gasteiger partial charge in [0.2, 0.25) is 12.7 Å². The second-order valence-electron chi connectivity index (χ2n) is 3.97. The maximum absolute atomic E-state index is 11.6. The van der Waals surface area contributed by atoms with Crippen LogP contribution in [0.25, 0.3) is 0 Å². The maximum atomic E-state index is 11.6. The number of likely N-dealkylation sites (N-methyl/N-ethyl adjacent to an activating group) is 2. The summed E-state index contributed by atoms with van der Waals surface area (Å²) in [4.78, 5) is 13.3. The van der Waals surface area contributed by atoms with Crippen LogP contribution in [0.15, 0.2) is 18.2 Å². The highest BCUT2D eigenvalue weighted by Crippen LogP contribution is 2.32. The van der Waals surface area contributed by atoms with Gasteiger partial charge in [-0.15, -0.1) is 0 Å². The summed E-state index contributed by atoms with van der Waals surface area (Å²) in [5.74, 6) is 1.57. The smallest absolute Gasteiger partial charge is 0.236 e. The third-order valence-corrected chi connectivity index (χ3v) is 2.61. The van der Waals surface area contributed by atoms with Gasteiger partial charge in [-0.05, 0) is 24.7 Å². The standard InChI is InChI=1S/C12H16N2O3/c1-13-6-12(15)14(2)7-9-3-4-10-11(5-9)17-8-16-10/h3-5,13H,6-8H2,1-2H3. The predicted molar refractivity (Wildman–Crippen MR) is 63.0 cm³/mol. The maximum Gasteiger partial charge on any atom is 0.236 e. The van der Waals surface area contributed by atoms with Crippen molar-refractivity contribution in [1.29, 1.82) is 0 Å². The summed E-state index contributed by atoms with van der Waals surface area (Å²) in [5, 5.41) is 2.84. The molecule has 0 radical (unpaired) electrons. The lowest BCUT2D eigenvalue weighted by molar-refractivity contribution is -0.129. The number of nitrogens with one attached hydrogen (secondary N) is 1. The first-order valence-corrected chi connectivity index (χ1v) is 5.48. The average Bonchev–Trinajstić information content (AvgIpc) is 2.76. The van der Waals surface area contributed by atoms with Crippen molar-refractivity contribution in [1.82, 2.24) is 10.2 Å². The van der Waals surface area contributed by atoms with E-state index in [1.807, 2.05) is 18.2 Å². The minimum absolute atomic E-state index is 0.0603. The summed E-state index contributed by atoms with van der Waals surface area (Å²) in [6.45, 7) is 1.19. The van der Waals surface area contributed by atoms with Crippen molar-refractivity contribution >= 4 is 5.91 Å². The van der Waals surface area contributed by atoms with Crippen LogP contribution in [0, 0.1) is 0 Å². The van der Waals surface area contributed by atoms with E-state index in [0.717, 1.165) is 17.1 Å². The first-order valence-electron chi connectivity index (χ1n) is 5.48. The fourth-order valence-electron chi connectivity index (χ4n) is 1.69. The Hall–Kier alpha value is -1.75. The molecule has 0 unspecified atom stereocenters. The third-order valence-electron chi connectivity index (χ3n) is 2.61. The van der Waals surface area contributed by atoms with Crippen molar-refractivity contribution in [3.8, 4) is 11.5 Å². The fraction of sp³-hybridized carbons (Fsp3) is 0.417. The number of hydrogen-bond acceptors (Lipinski definition) is 4. The normalized spacial score (nSPS) is 12.6. The van der Waals surface area contributed by atoms with Crippen molar-refractivity contribution in [3.63, 3.8) is 0 Å². The van der Waals surface area contributed by atoms with Crippen LogP contribution >= 0.6 is 0 Å². The first-order chi connectivity index (χ1) is 8.20. The Balaban J connectivity index is 2.01. The molecule has 5 nitrogen and oxygen atoms in total. The largest absolute Gasteiger partial charge is 0.454 e. The Bertz CT molecular complexity index is 420. The lowest BCUT2D eigenvalue weighted by Crippen LogP contribution is -2.33. The number of benzene rings is 1. The van der Waals surface area contributed by atoms with Gasteiger partial charge in [0.25, 0.3) is 0 Å². The van der Waals surface area contributed by atoms with Crippen LogP contribution in [0.3, 0.4) is 0 Å². The minimum atomic E-state index is 0.0603. The molecule has 0 aromatic heterocycles. The molecule has 0 atom stereocenters. The zero-order valence-corrected chi connectivity index (χ0v) is 10.0. The zero-order chi connectivity index (χ0) is 12.3. The van der Waals surface area contributed by atoms with E-state index < -0.39 is 0 Å². The fourth-order valence-corrected chi connectivity index (χ4v) is 1.69. The molecule has 1 N–H and O–H groups in total. The second-order valence-corrected chi connectivity index (χ2v) is 3.97. The first kappa shape index (κ1) is 11.7. The molecule has 0 aliphatic carbocycles. The van der Waals surface area contributed by atoms with Gasteiger partial charge in [-0.3, -0.25) is 4.79 Å². The van der Waals surface area contributed by atoms with Gasteiger partial charge in [-0.2, -0.15) is 0 Å². The van der Waals surface area contributed by atoms with E-state index >= 15 is 0 Å². The number of hydrogen-bond donors (Lipinski definition) is 1. The molecule has 1 aromatic carbocycles. The van der Waals surface area contributed by atoms with Crippen LogP contribution in [0.5, 0.6) is 11.5 Å². The van der Waals surface area contributed by atoms with E-state index in [0.29, 0.717) is 13.1 Å². The molecule has 0 fully saturated rings. The molecule has 0 bridgehead atoms. The van der Waals surface area contributed by atoms with E-state index in [2.05, 4.69) is 5.32 Å². The summed E-state index contributed by atoms with van der Waals surface area (Å²) >= 11 is 0. The van der Waals surface area contributed by atoms with E-state index in [-0.39, 0.29) is 12.7 Å². The van der Waals surface area contributed by atoms with Crippen LogP contribution in [0.1, 0.15) is 5.56 Å².